The maximum atomic E-state index is 13.8. The standard InChI is InChI=1S/C21H19FN8/c1-2-21-7-4-9-30(21)18-16(29-13-25-27-19(21)29)12-24-20(26-18)28-10-8-23-17(28)14-5-3-6-15(22)11-14/h3,5-6,8,10-13H,2,4,7,9H2,1H3. The SMILES string of the molecule is CCC12CCCN1c1nc(-n3ccnc3-c3cccc(F)c3)ncc1-n1cnnc12. The lowest BCUT2D eigenvalue weighted by Gasteiger charge is -2.42. The third kappa shape index (κ3) is 2.23. The number of fused-ring (bicyclic) bond motifs is 6. The van der Waals surface area contributed by atoms with Crippen LogP contribution in [-0.4, -0.2) is 40.8 Å². The van der Waals surface area contributed by atoms with E-state index in [0.29, 0.717) is 17.3 Å². The summed E-state index contributed by atoms with van der Waals surface area (Å²) in [4.78, 5) is 16.3. The quantitative estimate of drug-likeness (QED) is 0.523. The van der Waals surface area contributed by atoms with E-state index in [1.54, 1.807) is 35.6 Å². The number of halogens is 1. The number of rotatable bonds is 3. The van der Waals surface area contributed by atoms with Crippen LogP contribution in [-0.2, 0) is 5.54 Å². The van der Waals surface area contributed by atoms with Crippen LogP contribution in [0.3, 0.4) is 0 Å². The first-order valence-corrected chi connectivity index (χ1v) is 10.1. The molecule has 0 aliphatic carbocycles. The van der Waals surface area contributed by atoms with Crippen molar-refractivity contribution in [2.45, 2.75) is 31.7 Å². The number of hydrogen-bond acceptors (Lipinski definition) is 6. The molecule has 6 rings (SSSR count). The van der Waals surface area contributed by atoms with Gasteiger partial charge in [-0.05, 0) is 31.4 Å². The molecular weight excluding hydrogens is 383 g/mol. The van der Waals surface area contributed by atoms with Crippen molar-refractivity contribution in [1.82, 2.24) is 34.3 Å². The van der Waals surface area contributed by atoms with E-state index < -0.39 is 0 Å². The number of hydrogen-bond donors (Lipinski definition) is 0. The van der Waals surface area contributed by atoms with Crippen LogP contribution in [0.1, 0.15) is 32.0 Å². The molecule has 30 heavy (non-hydrogen) atoms. The minimum Gasteiger partial charge on any atom is -0.342 e. The summed E-state index contributed by atoms with van der Waals surface area (Å²) in [6.45, 7) is 3.09. The molecule has 2 aliphatic heterocycles. The molecule has 5 heterocycles. The predicted molar refractivity (Wildman–Crippen MR) is 108 cm³/mol. The van der Waals surface area contributed by atoms with Gasteiger partial charge in [-0.1, -0.05) is 19.1 Å². The minimum atomic E-state index is -0.307. The molecule has 1 unspecified atom stereocenters. The van der Waals surface area contributed by atoms with Crippen molar-refractivity contribution in [3.63, 3.8) is 0 Å². The van der Waals surface area contributed by atoms with Crippen LogP contribution in [0.25, 0.3) is 23.0 Å². The molecule has 9 heteroatoms. The fourth-order valence-corrected chi connectivity index (χ4v) is 4.82. The summed E-state index contributed by atoms with van der Waals surface area (Å²) < 4.78 is 17.6. The van der Waals surface area contributed by atoms with Crippen molar-refractivity contribution < 1.29 is 4.39 Å². The van der Waals surface area contributed by atoms with Gasteiger partial charge >= 0.3 is 0 Å². The Balaban J connectivity index is 1.53. The molecule has 8 nitrogen and oxygen atoms in total. The predicted octanol–water partition coefficient (Wildman–Crippen LogP) is 3.27. The van der Waals surface area contributed by atoms with Crippen molar-refractivity contribution >= 4 is 5.82 Å². The average molecular weight is 402 g/mol. The minimum absolute atomic E-state index is 0.199. The topological polar surface area (TPSA) is 77.5 Å². The molecule has 4 aromatic rings. The van der Waals surface area contributed by atoms with Crippen LogP contribution in [0, 0.1) is 5.82 Å². The number of nitrogens with zero attached hydrogens (tertiary/aromatic N) is 8. The van der Waals surface area contributed by atoms with Crippen LogP contribution < -0.4 is 4.90 Å². The van der Waals surface area contributed by atoms with Crippen LogP contribution in [0.2, 0.25) is 0 Å². The maximum absolute atomic E-state index is 13.8. The first kappa shape index (κ1) is 17.3. The van der Waals surface area contributed by atoms with Gasteiger partial charge in [-0.2, -0.15) is 4.98 Å². The Morgan fingerprint density at radius 1 is 1.20 bits per heavy atom. The largest absolute Gasteiger partial charge is 0.342 e. The molecule has 0 saturated carbocycles. The zero-order valence-corrected chi connectivity index (χ0v) is 16.4. The Morgan fingerprint density at radius 3 is 3.00 bits per heavy atom. The Hall–Kier alpha value is -3.62. The van der Waals surface area contributed by atoms with Crippen LogP contribution in [0.15, 0.2) is 49.2 Å². The highest BCUT2D eigenvalue weighted by Gasteiger charge is 2.49. The zero-order chi connectivity index (χ0) is 20.3. The molecule has 1 saturated heterocycles. The fraction of sp³-hybridized carbons (Fsp3) is 0.286. The maximum Gasteiger partial charge on any atom is 0.237 e. The summed E-state index contributed by atoms with van der Waals surface area (Å²) in [6, 6.07) is 6.38. The van der Waals surface area contributed by atoms with Crippen molar-refractivity contribution in [2.75, 3.05) is 11.4 Å². The molecule has 3 aromatic heterocycles. The highest BCUT2D eigenvalue weighted by molar-refractivity contribution is 5.65. The van der Waals surface area contributed by atoms with Crippen LogP contribution in [0.4, 0.5) is 10.2 Å². The molecule has 0 bridgehead atoms. The van der Waals surface area contributed by atoms with Gasteiger partial charge in [0.1, 0.15) is 29.2 Å². The lowest BCUT2D eigenvalue weighted by atomic mass is 9.90. The van der Waals surface area contributed by atoms with Gasteiger partial charge in [-0.25, -0.2) is 14.4 Å². The summed E-state index contributed by atoms with van der Waals surface area (Å²) in [5.74, 6) is 2.61. The molecule has 2 aliphatic rings. The highest BCUT2D eigenvalue weighted by atomic mass is 19.1. The van der Waals surface area contributed by atoms with E-state index in [1.165, 1.54) is 12.1 Å². The van der Waals surface area contributed by atoms with E-state index in [0.717, 1.165) is 43.1 Å². The van der Waals surface area contributed by atoms with Crippen molar-refractivity contribution in [2.24, 2.45) is 0 Å². The van der Waals surface area contributed by atoms with Gasteiger partial charge in [-0.3, -0.25) is 9.13 Å². The van der Waals surface area contributed by atoms with E-state index in [4.69, 9.17) is 4.98 Å². The Morgan fingerprint density at radius 2 is 2.13 bits per heavy atom. The van der Waals surface area contributed by atoms with Crippen LogP contribution in [0.5, 0.6) is 0 Å². The number of aromatic nitrogens is 7. The smallest absolute Gasteiger partial charge is 0.237 e. The van der Waals surface area contributed by atoms with Gasteiger partial charge in [0.25, 0.3) is 0 Å². The van der Waals surface area contributed by atoms with E-state index in [-0.39, 0.29) is 11.4 Å². The second kappa shape index (κ2) is 6.19. The summed E-state index contributed by atoms with van der Waals surface area (Å²) in [5.41, 5.74) is 1.35. The first-order valence-electron chi connectivity index (χ1n) is 10.1. The lowest BCUT2D eigenvalue weighted by molar-refractivity contribution is 0.382. The lowest BCUT2D eigenvalue weighted by Crippen LogP contribution is -2.46. The summed E-state index contributed by atoms with van der Waals surface area (Å²) in [6.07, 6.45) is 10.0. The van der Waals surface area contributed by atoms with Gasteiger partial charge in [0.05, 0.1) is 6.20 Å². The van der Waals surface area contributed by atoms with E-state index in [9.17, 15) is 4.39 Å². The van der Waals surface area contributed by atoms with E-state index >= 15 is 0 Å². The number of anilines is 1. The van der Waals surface area contributed by atoms with E-state index in [1.807, 2.05) is 10.6 Å². The van der Waals surface area contributed by atoms with Crippen molar-refractivity contribution in [3.8, 4) is 23.0 Å². The first-order chi connectivity index (χ1) is 14.7. The molecular formula is C21H19FN8. The fourth-order valence-electron chi connectivity index (χ4n) is 4.82. The Labute approximate surface area is 172 Å². The molecule has 0 amide bonds. The highest BCUT2D eigenvalue weighted by Crippen LogP contribution is 2.48. The summed E-state index contributed by atoms with van der Waals surface area (Å²) >= 11 is 0. The summed E-state index contributed by atoms with van der Waals surface area (Å²) in [5, 5.41) is 8.61. The molecule has 0 radical (unpaired) electrons. The molecule has 150 valence electrons. The molecule has 0 spiro atoms. The monoisotopic (exact) mass is 402 g/mol. The Kier molecular flexibility index (Phi) is 3.56. The normalized spacial score (nSPS) is 19.5. The number of imidazole rings is 1. The summed E-state index contributed by atoms with van der Waals surface area (Å²) in [7, 11) is 0. The van der Waals surface area contributed by atoms with Gasteiger partial charge in [0, 0.05) is 24.5 Å². The average Bonchev–Trinajstić information content (AvgIpc) is 3.52. The zero-order valence-electron chi connectivity index (χ0n) is 16.4. The molecule has 1 fully saturated rings. The van der Waals surface area contributed by atoms with Gasteiger partial charge in [-0.15, -0.1) is 10.2 Å². The van der Waals surface area contributed by atoms with Gasteiger partial charge in [0.15, 0.2) is 11.6 Å². The molecule has 1 atom stereocenters. The van der Waals surface area contributed by atoms with Crippen LogP contribution >= 0.6 is 0 Å². The third-order valence-electron chi connectivity index (χ3n) is 6.23. The van der Waals surface area contributed by atoms with Crippen molar-refractivity contribution in [1.29, 1.82) is 0 Å². The molecule has 0 N–H and O–H groups in total. The third-order valence-corrected chi connectivity index (χ3v) is 6.23. The van der Waals surface area contributed by atoms with Crippen molar-refractivity contribution in [3.05, 3.63) is 60.8 Å². The van der Waals surface area contributed by atoms with Gasteiger partial charge < -0.3 is 4.90 Å². The Bertz CT molecular complexity index is 1260. The van der Waals surface area contributed by atoms with E-state index in [2.05, 4.69) is 32.0 Å². The second-order valence-corrected chi connectivity index (χ2v) is 7.67. The second-order valence-electron chi connectivity index (χ2n) is 7.67. The number of benzene rings is 1. The van der Waals surface area contributed by atoms with Gasteiger partial charge in [0.2, 0.25) is 5.95 Å². The molecule has 1 aromatic carbocycles.